The zero-order valence-electron chi connectivity index (χ0n) is 16.8. The van der Waals surface area contributed by atoms with E-state index in [0.29, 0.717) is 16.5 Å². The molecule has 1 amide bonds. The van der Waals surface area contributed by atoms with E-state index >= 15 is 0 Å². The van der Waals surface area contributed by atoms with E-state index < -0.39 is 16.1 Å². The molecule has 29 heavy (non-hydrogen) atoms. The number of anilines is 1. The Labute approximate surface area is 176 Å². The summed E-state index contributed by atoms with van der Waals surface area (Å²) in [6.07, 6.45) is -0.968. The first-order chi connectivity index (χ1) is 13.6. The predicted octanol–water partition coefficient (Wildman–Crippen LogP) is 3.77. The fraction of sp³-hybridized carbons (Fsp3) is 0.381. The van der Waals surface area contributed by atoms with E-state index in [9.17, 15) is 13.2 Å². The first-order valence-electron chi connectivity index (χ1n) is 9.45. The minimum absolute atomic E-state index is 0.0696. The van der Waals surface area contributed by atoms with Crippen molar-refractivity contribution in [3.8, 4) is 5.75 Å². The molecule has 0 spiro atoms. The monoisotopic (exact) mass is 436 g/mol. The number of nitrogens with one attached hydrogen (secondary N) is 1. The predicted molar refractivity (Wildman–Crippen MR) is 114 cm³/mol. The van der Waals surface area contributed by atoms with Gasteiger partial charge in [0.2, 0.25) is 0 Å². The normalized spacial score (nSPS) is 17.4. The number of nitrogens with zero attached hydrogens (tertiary/aromatic N) is 1. The molecular formula is C21H25ClN2O4S. The van der Waals surface area contributed by atoms with Crippen molar-refractivity contribution >= 4 is 33.2 Å². The van der Waals surface area contributed by atoms with Crippen LogP contribution in [0.1, 0.15) is 26.3 Å². The summed E-state index contributed by atoms with van der Waals surface area (Å²) in [6.45, 7) is 7.65. The molecule has 6 nitrogen and oxygen atoms in total. The lowest BCUT2D eigenvalue weighted by molar-refractivity contribution is -0.128. The summed E-state index contributed by atoms with van der Waals surface area (Å²) in [4.78, 5) is 12.9. The molecule has 0 fully saturated rings. The topological polar surface area (TPSA) is 75.7 Å². The van der Waals surface area contributed by atoms with E-state index in [4.69, 9.17) is 16.3 Å². The molecule has 0 saturated carbocycles. The van der Waals surface area contributed by atoms with Gasteiger partial charge in [0.25, 0.3) is 15.9 Å². The zero-order valence-corrected chi connectivity index (χ0v) is 18.4. The molecule has 3 rings (SSSR count). The van der Waals surface area contributed by atoms with E-state index in [1.165, 1.54) is 10.4 Å². The summed E-state index contributed by atoms with van der Waals surface area (Å²) in [5.41, 5.74) is 1.27. The van der Waals surface area contributed by atoms with Crippen LogP contribution in [0.25, 0.3) is 0 Å². The molecule has 8 heteroatoms. The first kappa shape index (κ1) is 21.5. The molecule has 0 saturated heterocycles. The SMILES string of the molecule is Cc1ccc(S(=O)(=O)N2C[C@H](C(=O)N[C@@H](C)C(C)C)Oc3ccc(Cl)cc32)cc1. The van der Waals surface area contributed by atoms with Crippen LogP contribution in [0.5, 0.6) is 5.75 Å². The van der Waals surface area contributed by atoms with Crippen LogP contribution in [-0.4, -0.2) is 33.0 Å². The number of hydrogen-bond acceptors (Lipinski definition) is 4. The number of halogens is 1. The van der Waals surface area contributed by atoms with Crippen molar-refractivity contribution in [3.63, 3.8) is 0 Å². The summed E-state index contributed by atoms with van der Waals surface area (Å²) in [5.74, 6) is 0.186. The summed E-state index contributed by atoms with van der Waals surface area (Å²) >= 11 is 6.11. The minimum atomic E-state index is -3.91. The maximum atomic E-state index is 13.4. The number of fused-ring (bicyclic) bond motifs is 1. The molecular weight excluding hydrogens is 412 g/mol. The van der Waals surface area contributed by atoms with Crippen LogP contribution >= 0.6 is 11.6 Å². The standard InChI is InChI=1S/C21H25ClN2O4S/c1-13(2)15(4)23-21(25)20-12-24(18-11-16(22)7-10-19(18)28-20)29(26,27)17-8-5-14(3)6-9-17/h5-11,13,15,20H,12H2,1-4H3,(H,23,25)/t15-,20+/m0/s1. The summed E-state index contributed by atoms with van der Waals surface area (Å²) in [6, 6.07) is 11.2. The molecule has 0 unspecified atom stereocenters. The highest BCUT2D eigenvalue weighted by molar-refractivity contribution is 7.92. The third kappa shape index (κ3) is 4.51. The van der Waals surface area contributed by atoms with Gasteiger partial charge in [0, 0.05) is 11.1 Å². The maximum Gasteiger partial charge on any atom is 0.264 e. The molecule has 1 heterocycles. The number of sulfonamides is 1. The zero-order chi connectivity index (χ0) is 21.3. The van der Waals surface area contributed by atoms with Crippen LogP contribution in [0.2, 0.25) is 5.02 Å². The third-order valence-electron chi connectivity index (χ3n) is 5.06. The lowest BCUT2D eigenvalue weighted by Crippen LogP contribution is -2.52. The maximum absolute atomic E-state index is 13.4. The van der Waals surface area contributed by atoms with E-state index in [0.717, 1.165) is 5.56 Å². The Morgan fingerprint density at radius 2 is 1.83 bits per heavy atom. The lowest BCUT2D eigenvalue weighted by atomic mass is 10.1. The molecule has 0 radical (unpaired) electrons. The molecule has 1 aliphatic heterocycles. The van der Waals surface area contributed by atoms with Gasteiger partial charge in [0.05, 0.1) is 17.1 Å². The van der Waals surface area contributed by atoms with Gasteiger partial charge in [-0.3, -0.25) is 9.10 Å². The third-order valence-corrected chi connectivity index (χ3v) is 7.09. The van der Waals surface area contributed by atoms with Gasteiger partial charge >= 0.3 is 0 Å². The van der Waals surface area contributed by atoms with Crippen LogP contribution < -0.4 is 14.4 Å². The van der Waals surface area contributed by atoms with Crippen LogP contribution in [-0.2, 0) is 14.8 Å². The fourth-order valence-electron chi connectivity index (χ4n) is 2.91. The molecule has 1 N–H and O–H groups in total. The van der Waals surface area contributed by atoms with Gasteiger partial charge in [0.1, 0.15) is 5.75 Å². The molecule has 156 valence electrons. The average Bonchev–Trinajstić information content (AvgIpc) is 2.67. The van der Waals surface area contributed by atoms with Gasteiger partial charge in [-0.2, -0.15) is 0 Å². The van der Waals surface area contributed by atoms with Crippen molar-refractivity contribution in [1.29, 1.82) is 0 Å². The van der Waals surface area contributed by atoms with Crippen LogP contribution in [0, 0.1) is 12.8 Å². The average molecular weight is 437 g/mol. The van der Waals surface area contributed by atoms with Gasteiger partial charge < -0.3 is 10.1 Å². The number of carbonyl (C=O) groups excluding carboxylic acids is 1. The number of aryl methyl sites for hydroxylation is 1. The Hall–Kier alpha value is -2.25. The van der Waals surface area contributed by atoms with E-state index in [1.54, 1.807) is 36.4 Å². The molecule has 2 aromatic carbocycles. The Kier molecular flexibility index (Phi) is 6.10. The van der Waals surface area contributed by atoms with Crippen molar-refractivity contribution in [2.45, 2.75) is 44.7 Å². The van der Waals surface area contributed by atoms with Crippen molar-refractivity contribution in [3.05, 3.63) is 53.1 Å². The summed E-state index contributed by atoms with van der Waals surface area (Å²) in [7, 11) is -3.91. The smallest absolute Gasteiger partial charge is 0.264 e. The van der Waals surface area contributed by atoms with Gasteiger partial charge in [-0.1, -0.05) is 43.1 Å². The summed E-state index contributed by atoms with van der Waals surface area (Å²) in [5, 5.41) is 3.28. The molecule has 0 aliphatic carbocycles. The van der Waals surface area contributed by atoms with Gasteiger partial charge in [-0.05, 0) is 50.1 Å². The van der Waals surface area contributed by atoms with Gasteiger partial charge in [-0.25, -0.2) is 8.42 Å². The van der Waals surface area contributed by atoms with Crippen LogP contribution in [0.15, 0.2) is 47.4 Å². The van der Waals surface area contributed by atoms with Crippen molar-refractivity contribution < 1.29 is 17.9 Å². The number of hydrogen-bond donors (Lipinski definition) is 1. The highest BCUT2D eigenvalue weighted by Crippen LogP contribution is 2.38. The van der Waals surface area contributed by atoms with Crippen LogP contribution in [0.3, 0.4) is 0 Å². The Balaban J connectivity index is 1.99. The minimum Gasteiger partial charge on any atom is -0.476 e. The first-order valence-corrected chi connectivity index (χ1v) is 11.3. The molecule has 0 bridgehead atoms. The van der Waals surface area contributed by atoms with Gasteiger partial charge in [0.15, 0.2) is 6.10 Å². The second-order valence-corrected chi connectivity index (χ2v) is 9.91. The Morgan fingerprint density at radius 1 is 1.17 bits per heavy atom. The Morgan fingerprint density at radius 3 is 2.45 bits per heavy atom. The largest absolute Gasteiger partial charge is 0.476 e. The Bertz CT molecular complexity index is 1010. The van der Waals surface area contributed by atoms with Crippen molar-refractivity contribution in [2.75, 3.05) is 10.8 Å². The van der Waals surface area contributed by atoms with E-state index in [-0.39, 0.29) is 29.3 Å². The molecule has 2 atom stereocenters. The number of carbonyl (C=O) groups is 1. The van der Waals surface area contributed by atoms with E-state index in [1.807, 2.05) is 27.7 Å². The second kappa shape index (κ2) is 8.24. The van der Waals surface area contributed by atoms with E-state index in [2.05, 4.69) is 5.32 Å². The van der Waals surface area contributed by atoms with Crippen LogP contribution in [0.4, 0.5) is 5.69 Å². The number of rotatable bonds is 5. The fourth-order valence-corrected chi connectivity index (χ4v) is 4.54. The lowest BCUT2D eigenvalue weighted by Gasteiger charge is -2.35. The highest BCUT2D eigenvalue weighted by Gasteiger charge is 2.38. The van der Waals surface area contributed by atoms with Gasteiger partial charge in [-0.15, -0.1) is 0 Å². The van der Waals surface area contributed by atoms with Crippen molar-refractivity contribution in [2.24, 2.45) is 5.92 Å². The second-order valence-electron chi connectivity index (χ2n) is 7.61. The number of ether oxygens (including phenoxy) is 1. The summed E-state index contributed by atoms with van der Waals surface area (Å²) < 4.78 is 33.8. The number of benzene rings is 2. The highest BCUT2D eigenvalue weighted by atomic mass is 35.5. The van der Waals surface area contributed by atoms with Crippen molar-refractivity contribution in [1.82, 2.24) is 5.32 Å². The molecule has 0 aromatic heterocycles. The quantitative estimate of drug-likeness (QED) is 0.774. The molecule has 2 aromatic rings. The molecule has 1 aliphatic rings. The number of amides is 1.